The zero-order valence-electron chi connectivity index (χ0n) is 15.0. The van der Waals surface area contributed by atoms with Crippen LogP contribution in [0.5, 0.6) is 0 Å². The van der Waals surface area contributed by atoms with Crippen molar-refractivity contribution in [3.8, 4) is 0 Å². The van der Waals surface area contributed by atoms with Gasteiger partial charge in [0.2, 0.25) is 0 Å². The summed E-state index contributed by atoms with van der Waals surface area (Å²) in [5.41, 5.74) is -1.45. The Morgan fingerprint density at radius 3 is 2.35 bits per heavy atom. The van der Waals surface area contributed by atoms with Crippen molar-refractivity contribution in [3.05, 3.63) is 12.2 Å². The van der Waals surface area contributed by atoms with Gasteiger partial charge in [0.15, 0.2) is 5.60 Å². The number of carbonyl (C=O) groups is 1. The Labute approximate surface area is 140 Å². The molecule has 1 aliphatic heterocycles. The number of hydrogen-bond donors (Lipinski definition) is 1. The van der Waals surface area contributed by atoms with Crippen molar-refractivity contribution in [2.45, 2.75) is 70.5 Å². The highest BCUT2D eigenvalue weighted by Gasteiger charge is 2.44. The van der Waals surface area contributed by atoms with Crippen LogP contribution in [0.15, 0.2) is 12.2 Å². The van der Waals surface area contributed by atoms with Crippen LogP contribution in [0, 0.1) is 11.8 Å². The van der Waals surface area contributed by atoms with E-state index in [9.17, 15) is 9.90 Å². The Hall–Kier alpha value is -0.870. The second-order valence-electron chi connectivity index (χ2n) is 7.67. The molecule has 2 aliphatic rings. The highest BCUT2D eigenvalue weighted by molar-refractivity contribution is 5.82. The summed E-state index contributed by atoms with van der Waals surface area (Å²) in [6, 6.07) is 0. The Bertz CT molecular complexity index is 407. The van der Waals surface area contributed by atoms with Gasteiger partial charge in [-0.15, -0.1) is 0 Å². The van der Waals surface area contributed by atoms with Gasteiger partial charge in [-0.25, -0.2) is 4.79 Å². The van der Waals surface area contributed by atoms with Gasteiger partial charge >= 0.3 is 5.97 Å². The van der Waals surface area contributed by atoms with Gasteiger partial charge in [-0.1, -0.05) is 39.2 Å². The summed E-state index contributed by atoms with van der Waals surface area (Å²) in [6.45, 7) is 6.00. The minimum Gasteiger partial charge on any atom is -0.460 e. The summed E-state index contributed by atoms with van der Waals surface area (Å²) < 4.78 is 5.72. The lowest BCUT2D eigenvalue weighted by Gasteiger charge is -2.36. The summed E-state index contributed by atoms with van der Waals surface area (Å²) in [7, 11) is 2.09. The molecule has 132 valence electrons. The molecule has 2 rings (SSSR count). The van der Waals surface area contributed by atoms with Gasteiger partial charge < -0.3 is 14.7 Å². The first-order valence-electron chi connectivity index (χ1n) is 9.23. The number of rotatable bonds is 5. The van der Waals surface area contributed by atoms with Crippen LogP contribution in [0.2, 0.25) is 0 Å². The van der Waals surface area contributed by atoms with E-state index in [-0.39, 0.29) is 12.0 Å². The van der Waals surface area contributed by atoms with Gasteiger partial charge in [0.05, 0.1) is 0 Å². The molecule has 2 fully saturated rings. The van der Waals surface area contributed by atoms with Crippen molar-refractivity contribution in [1.82, 2.24) is 4.90 Å². The van der Waals surface area contributed by atoms with E-state index in [0.29, 0.717) is 5.92 Å². The van der Waals surface area contributed by atoms with Crippen molar-refractivity contribution in [3.63, 3.8) is 0 Å². The number of nitrogens with zero attached hydrogens (tertiary/aromatic N) is 1. The molecule has 1 N–H and O–H groups in total. The highest BCUT2D eigenvalue weighted by Crippen LogP contribution is 2.35. The molecule has 23 heavy (non-hydrogen) atoms. The number of esters is 1. The molecule has 0 spiro atoms. The van der Waals surface area contributed by atoms with Crippen LogP contribution in [0.4, 0.5) is 0 Å². The Kier molecular flexibility index (Phi) is 6.66. The van der Waals surface area contributed by atoms with E-state index in [4.69, 9.17) is 4.74 Å². The lowest BCUT2D eigenvalue weighted by Crippen LogP contribution is -2.48. The minimum atomic E-state index is -1.45. The van der Waals surface area contributed by atoms with E-state index in [1.807, 2.05) is 6.08 Å². The van der Waals surface area contributed by atoms with Crippen molar-refractivity contribution in [2.24, 2.45) is 11.8 Å². The average Bonchev–Trinajstić information content (AvgIpc) is 2.55. The molecule has 1 saturated heterocycles. The van der Waals surface area contributed by atoms with Crippen LogP contribution >= 0.6 is 0 Å². The number of ether oxygens (including phenoxy) is 1. The largest absolute Gasteiger partial charge is 0.460 e. The number of hydrogen-bond acceptors (Lipinski definition) is 4. The van der Waals surface area contributed by atoms with Crippen LogP contribution in [-0.4, -0.2) is 47.8 Å². The third kappa shape index (κ3) is 5.05. The van der Waals surface area contributed by atoms with Crippen molar-refractivity contribution < 1.29 is 14.6 Å². The van der Waals surface area contributed by atoms with Gasteiger partial charge in [0, 0.05) is 19.0 Å². The molecule has 1 heterocycles. The minimum absolute atomic E-state index is 0.00925. The molecule has 1 unspecified atom stereocenters. The molecule has 4 nitrogen and oxygen atoms in total. The normalized spacial score (nSPS) is 24.9. The van der Waals surface area contributed by atoms with E-state index in [2.05, 4.69) is 25.8 Å². The van der Waals surface area contributed by atoms with E-state index in [1.165, 1.54) is 6.42 Å². The number of likely N-dealkylation sites (tertiary alicyclic amines) is 1. The van der Waals surface area contributed by atoms with E-state index < -0.39 is 11.6 Å². The molecular formula is C19H33NO3. The molecule has 1 atom stereocenters. The molecule has 0 amide bonds. The number of aliphatic hydroxyl groups is 1. The van der Waals surface area contributed by atoms with Crippen molar-refractivity contribution >= 4 is 5.97 Å². The second-order valence-corrected chi connectivity index (χ2v) is 7.67. The second kappa shape index (κ2) is 8.29. The number of carbonyl (C=O) groups excluding carboxylic acids is 1. The monoisotopic (exact) mass is 323 g/mol. The summed E-state index contributed by atoms with van der Waals surface area (Å²) >= 11 is 0. The van der Waals surface area contributed by atoms with Crippen LogP contribution in [0.3, 0.4) is 0 Å². The van der Waals surface area contributed by atoms with Gasteiger partial charge in [0.1, 0.15) is 6.10 Å². The molecule has 1 saturated carbocycles. The van der Waals surface area contributed by atoms with E-state index >= 15 is 0 Å². The first-order valence-corrected chi connectivity index (χ1v) is 9.23. The summed E-state index contributed by atoms with van der Waals surface area (Å²) in [5, 5.41) is 11.2. The maximum atomic E-state index is 12.8. The third-order valence-corrected chi connectivity index (χ3v) is 5.23. The van der Waals surface area contributed by atoms with E-state index in [0.717, 1.165) is 51.6 Å². The van der Waals surface area contributed by atoms with Gasteiger partial charge in [-0.3, -0.25) is 0 Å². The zero-order chi connectivity index (χ0) is 16.9. The SMILES string of the molecule is CC(C)/C=C\C(O)(C(=O)OC1CCN(C)CC1)C1CCCCC1. The molecule has 0 radical (unpaired) electrons. The molecule has 0 bridgehead atoms. The first-order chi connectivity index (χ1) is 10.9. The molecule has 0 aromatic heterocycles. The predicted octanol–water partition coefficient (Wildman–Crippen LogP) is 3.15. The molecule has 0 aromatic rings. The fraction of sp³-hybridized carbons (Fsp3) is 0.842. The number of piperidine rings is 1. The van der Waals surface area contributed by atoms with Gasteiger partial charge in [-0.05, 0) is 44.7 Å². The van der Waals surface area contributed by atoms with Crippen LogP contribution in [0.1, 0.15) is 58.8 Å². The maximum Gasteiger partial charge on any atom is 0.342 e. The van der Waals surface area contributed by atoms with Crippen LogP contribution in [-0.2, 0) is 9.53 Å². The van der Waals surface area contributed by atoms with Crippen LogP contribution in [0.25, 0.3) is 0 Å². The summed E-state index contributed by atoms with van der Waals surface area (Å²) in [5.74, 6) is -0.137. The average molecular weight is 323 g/mol. The Morgan fingerprint density at radius 1 is 1.17 bits per heavy atom. The Balaban J connectivity index is 2.07. The fourth-order valence-corrected chi connectivity index (χ4v) is 3.60. The number of allylic oxidation sites excluding steroid dienone is 1. The van der Waals surface area contributed by atoms with Crippen molar-refractivity contribution in [1.29, 1.82) is 0 Å². The fourth-order valence-electron chi connectivity index (χ4n) is 3.60. The Morgan fingerprint density at radius 2 is 1.78 bits per heavy atom. The molecule has 1 aliphatic carbocycles. The van der Waals surface area contributed by atoms with E-state index in [1.54, 1.807) is 6.08 Å². The smallest absolute Gasteiger partial charge is 0.342 e. The zero-order valence-corrected chi connectivity index (χ0v) is 15.0. The maximum absolute atomic E-state index is 12.8. The topological polar surface area (TPSA) is 49.8 Å². The third-order valence-electron chi connectivity index (χ3n) is 5.23. The van der Waals surface area contributed by atoms with Crippen LogP contribution < -0.4 is 0 Å². The summed E-state index contributed by atoms with van der Waals surface area (Å²) in [6.07, 6.45) is 10.5. The van der Waals surface area contributed by atoms with Gasteiger partial charge in [-0.2, -0.15) is 0 Å². The first kappa shape index (κ1) is 18.5. The molecule has 4 heteroatoms. The lowest BCUT2D eigenvalue weighted by atomic mass is 9.76. The lowest BCUT2D eigenvalue weighted by molar-refractivity contribution is -0.174. The standard InChI is InChI=1S/C19H33NO3/c1-15(2)9-12-19(22,16-7-5-4-6-8-16)18(21)23-17-10-13-20(3)14-11-17/h9,12,15-17,22H,4-8,10-11,13-14H2,1-3H3/b12-9-. The predicted molar refractivity (Wildman–Crippen MR) is 92.1 cm³/mol. The highest BCUT2D eigenvalue weighted by atomic mass is 16.6. The van der Waals surface area contributed by atoms with Crippen molar-refractivity contribution in [2.75, 3.05) is 20.1 Å². The molecule has 0 aromatic carbocycles. The summed E-state index contributed by atoms with van der Waals surface area (Å²) in [4.78, 5) is 15.0. The molecular weight excluding hydrogens is 290 g/mol. The quantitative estimate of drug-likeness (QED) is 0.624. The van der Waals surface area contributed by atoms with Gasteiger partial charge in [0.25, 0.3) is 0 Å².